The van der Waals surface area contributed by atoms with Crippen LogP contribution in [0.4, 0.5) is 0 Å². The number of allylic oxidation sites excluding steroid dienone is 1. The van der Waals surface area contributed by atoms with E-state index in [1.807, 2.05) is 26.8 Å². The number of rotatable bonds is 4. The van der Waals surface area contributed by atoms with Crippen molar-refractivity contribution in [2.45, 2.75) is 25.7 Å². The van der Waals surface area contributed by atoms with Crippen molar-refractivity contribution >= 4 is 10.1 Å². The highest BCUT2D eigenvalue weighted by molar-refractivity contribution is 7.86. The van der Waals surface area contributed by atoms with Gasteiger partial charge in [-0.3, -0.25) is 4.18 Å². The lowest BCUT2D eigenvalue weighted by atomic mass is 10.2. The van der Waals surface area contributed by atoms with Crippen LogP contribution in [0.25, 0.3) is 0 Å². The summed E-state index contributed by atoms with van der Waals surface area (Å²) >= 11 is 0. The van der Waals surface area contributed by atoms with Crippen molar-refractivity contribution in [1.29, 1.82) is 0 Å². The molecule has 1 aromatic carbocycles. The van der Waals surface area contributed by atoms with Gasteiger partial charge in [-0.15, -0.1) is 0 Å². The Morgan fingerprint density at radius 1 is 1.31 bits per heavy atom. The third-order valence-electron chi connectivity index (χ3n) is 2.24. The van der Waals surface area contributed by atoms with Gasteiger partial charge in [-0.2, -0.15) is 8.42 Å². The van der Waals surface area contributed by atoms with E-state index in [1.165, 1.54) is 0 Å². The highest BCUT2D eigenvalue weighted by atomic mass is 32.2. The predicted molar refractivity (Wildman–Crippen MR) is 63.7 cm³/mol. The van der Waals surface area contributed by atoms with Gasteiger partial charge in [0.05, 0.1) is 11.5 Å². The molecule has 0 N–H and O–H groups in total. The van der Waals surface area contributed by atoms with Crippen LogP contribution in [0.5, 0.6) is 0 Å². The lowest BCUT2D eigenvalue weighted by Gasteiger charge is -2.05. The van der Waals surface area contributed by atoms with Crippen molar-refractivity contribution in [3.63, 3.8) is 0 Å². The lowest BCUT2D eigenvalue weighted by molar-refractivity contribution is 0.348. The van der Waals surface area contributed by atoms with E-state index in [2.05, 4.69) is 0 Å². The molecule has 0 heterocycles. The van der Waals surface area contributed by atoms with E-state index in [1.54, 1.807) is 24.3 Å². The van der Waals surface area contributed by atoms with E-state index < -0.39 is 10.1 Å². The molecule has 0 atom stereocenters. The van der Waals surface area contributed by atoms with Gasteiger partial charge in [0.1, 0.15) is 0 Å². The first-order valence-electron chi connectivity index (χ1n) is 5.03. The first kappa shape index (κ1) is 12.9. The molecular formula is C12H16O3S. The fraction of sp³-hybridized carbons (Fsp3) is 0.333. The van der Waals surface area contributed by atoms with Gasteiger partial charge in [0.15, 0.2) is 0 Å². The molecule has 0 saturated heterocycles. The topological polar surface area (TPSA) is 43.4 Å². The Kier molecular flexibility index (Phi) is 4.26. The Labute approximate surface area is 96.9 Å². The number of hydrogen-bond acceptors (Lipinski definition) is 3. The monoisotopic (exact) mass is 240 g/mol. The number of aryl methyl sites for hydroxylation is 1. The van der Waals surface area contributed by atoms with Crippen LogP contribution in [0.15, 0.2) is 40.8 Å². The summed E-state index contributed by atoms with van der Waals surface area (Å²) in [6, 6.07) is 6.60. The lowest BCUT2D eigenvalue weighted by Crippen LogP contribution is -2.08. The minimum atomic E-state index is -3.62. The van der Waals surface area contributed by atoms with Crippen molar-refractivity contribution < 1.29 is 12.6 Å². The Bertz CT molecular complexity index is 469. The van der Waals surface area contributed by atoms with Crippen LogP contribution in [-0.2, 0) is 14.3 Å². The Hall–Kier alpha value is -1.13. The molecule has 0 saturated carbocycles. The number of hydrogen-bond donors (Lipinski definition) is 0. The molecule has 0 bridgehead atoms. The van der Waals surface area contributed by atoms with E-state index in [4.69, 9.17) is 4.18 Å². The SMILES string of the molecule is C/C=C(\C)COS(=O)(=O)c1ccc(C)cc1. The van der Waals surface area contributed by atoms with E-state index >= 15 is 0 Å². The molecule has 0 aliphatic carbocycles. The molecule has 0 fully saturated rings. The highest BCUT2D eigenvalue weighted by Crippen LogP contribution is 2.13. The normalized spacial score (nSPS) is 12.8. The van der Waals surface area contributed by atoms with Crippen LogP contribution >= 0.6 is 0 Å². The summed E-state index contributed by atoms with van der Waals surface area (Å²) in [5.74, 6) is 0. The Morgan fingerprint density at radius 3 is 2.38 bits per heavy atom. The van der Waals surface area contributed by atoms with Crippen molar-refractivity contribution in [2.24, 2.45) is 0 Å². The molecule has 0 radical (unpaired) electrons. The zero-order valence-corrected chi connectivity index (χ0v) is 10.5. The summed E-state index contributed by atoms with van der Waals surface area (Å²) < 4.78 is 28.3. The summed E-state index contributed by atoms with van der Waals surface area (Å²) in [6.45, 7) is 5.68. The van der Waals surface area contributed by atoms with Crippen LogP contribution in [0.1, 0.15) is 19.4 Å². The summed E-state index contributed by atoms with van der Waals surface area (Å²) in [5, 5.41) is 0. The summed E-state index contributed by atoms with van der Waals surface area (Å²) in [7, 11) is -3.62. The molecule has 0 spiro atoms. The molecule has 0 unspecified atom stereocenters. The van der Waals surface area contributed by atoms with Gasteiger partial charge in [-0.25, -0.2) is 0 Å². The van der Waals surface area contributed by atoms with E-state index in [0.29, 0.717) is 0 Å². The standard InChI is InChI=1S/C12H16O3S/c1-4-10(2)9-15-16(13,14)12-7-5-11(3)6-8-12/h4-8H,9H2,1-3H3/b10-4+. The average Bonchev–Trinajstić information content (AvgIpc) is 2.26. The quantitative estimate of drug-likeness (QED) is 0.600. The smallest absolute Gasteiger partial charge is 0.262 e. The molecule has 16 heavy (non-hydrogen) atoms. The molecule has 0 amide bonds. The zero-order chi connectivity index (χ0) is 12.2. The molecule has 88 valence electrons. The van der Waals surface area contributed by atoms with Crippen molar-refractivity contribution in [3.05, 3.63) is 41.5 Å². The van der Waals surface area contributed by atoms with Crippen LogP contribution in [0.3, 0.4) is 0 Å². The largest absolute Gasteiger partial charge is 0.297 e. The van der Waals surface area contributed by atoms with Crippen molar-refractivity contribution in [1.82, 2.24) is 0 Å². The predicted octanol–water partition coefficient (Wildman–Crippen LogP) is 2.67. The van der Waals surface area contributed by atoms with Gasteiger partial charge >= 0.3 is 0 Å². The molecular weight excluding hydrogens is 224 g/mol. The van der Waals surface area contributed by atoms with E-state index in [0.717, 1.165) is 11.1 Å². The van der Waals surface area contributed by atoms with E-state index in [-0.39, 0.29) is 11.5 Å². The molecule has 4 heteroatoms. The summed E-state index contributed by atoms with van der Waals surface area (Å²) in [5.41, 5.74) is 1.90. The first-order chi connectivity index (χ1) is 7.45. The fourth-order valence-electron chi connectivity index (χ4n) is 1.03. The van der Waals surface area contributed by atoms with Gasteiger partial charge in [0.25, 0.3) is 10.1 Å². The maximum absolute atomic E-state index is 11.7. The van der Waals surface area contributed by atoms with Crippen LogP contribution in [0.2, 0.25) is 0 Å². The van der Waals surface area contributed by atoms with Gasteiger partial charge in [0, 0.05) is 0 Å². The number of benzene rings is 1. The highest BCUT2D eigenvalue weighted by Gasteiger charge is 2.14. The van der Waals surface area contributed by atoms with Crippen molar-refractivity contribution in [3.8, 4) is 0 Å². The second-order valence-electron chi connectivity index (χ2n) is 3.66. The van der Waals surface area contributed by atoms with Gasteiger partial charge < -0.3 is 0 Å². The Balaban J connectivity index is 2.82. The minimum absolute atomic E-state index is 0.104. The van der Waals surface area contributed by atoms with E-state index in [9.17, 15) is 8.42 Å². The third-order valence-corrected chi connectivity index (χ3v) is 3.52. The minimum Gasteiger partial charge on any atom is -0.262 e. The molecule has 0 aliphatic heterocycles. The zero-order valence-electron chi connectivity index (χ0n) is 9.73. The van der Waals surface area contributed by atoms with Gasteiger partial charge in [0.2, 0.25) is 0 Å². The Morgan fingerprint density at radius 2 is 1.88 bits per heavy atom. The average molecular weight is 240 g/mol. The molecule has 0 aliphatic rings. The third kappa shape index (κ3) is 3.47. The molecule has 3 nitrogen and oxygen atoms in total. The van der Waals surface area contributed by atoms with Gasteiger partial charge in [-0.1, -0.05) is 29.3 Å². The second-order valence-corrected chi connectivity index (χ2v) is 5.28. The fourth-order valence-corrected chi connectivity index (χ4v) is 1.97. The van der Waals surface area contributed by atoms with Crippen LogP contribution in [-0.4, -0.2) is 15.0 Å². The molecule has 1 rings (SSSR count). The summed E-state index contributed by atoms with van der Waals surface area (Å²) in [6.07, 6.45) is 1.82. The summed E-state index contributed by atoms with van der Waals surface area (Å²) in [4.78, 5) is 0.196. The van der Waals surface area contributed by atoms with Gasteiger partial charge in [-0.05, 0) is 32.9 Å². The van der Waals surface area contributed by atoms with Crippen LogP contribution < -0.4 is 0 Å². The van der Waals surface area contributed by atoms with Crippen LogP contribution in [0, 0.1) is 6.92 Å². The molecule has 0 aromatic heterocycles. The maximum Gasteiger partial charge on any atom is 0.297 e. The first-order valence-corrected chi connectivity index (χ1v) is 6.44. The van der Waals surface area contributed by atoms with Crippen molar-refractivity contribution in [2.75, 3.05) is 6.61 Å². The molecule has 1 aromatic rings. The second kappa shape index (κ2) is 5.27. The maximum atomic E-state index is 11.7.